The third kappa shape index (κ3) is 5.44. The van der Waals surface area contributed by atoms with Crippen molar-refractivity contribution in [3.8, 4) is 0 Å². The lowest BCUT2D eigenvalue weighted by Gasteiger charge is -2.34. The Kier molecular flexibility index (Phi) is 6.99. The summed E-state index contributed by atoms with van der Waals surface area (Å²) in [5.74, 6) is -1.60. The molecule has 2 rings (SSSR count). The van der Waals surface area contributed by atoms with Crippen LogP contribution in [0.4, 0.5) is 0 Å². The van der Waals surface area contributed by atoms with E-state index in [1.807, 2.05) is 4.90 Å². The number of amides is 2. The molecule has 1 aromatic carbocycles. The van der Waals surface area contributed by atoms with Crippen molar-refractivity contribution in [2.75, 3.05) is 32.7 Å². The average molecular weight is 382 g/mol. The van der Waals surface area contributed by atoms with Gasteiger partial charge in [0.2, 0.25) is 5.91 Å². The maximum atomic E-state index is 12.5. The van der Waals surface area contributed by atoms with E-state index in [4.69, 9.17) is 16.7 Å². The smallest absolute Gasteiger partial charge is 0.326 e. The lowest BCUT2D eigenvalue weighted by atomic mass is 10.0. The molecule has 0 radical (unpaired) electrons. The fraction of sp³-hybridized carbons (Fsp3) is 0.500. The quantitative estimate of drug-likeness (QED) is 0.775. The van der Waals surface area contributed by atoms with Crippen LogP contribution < -0.4 is 5.32 Å². The number of nitrogens with zero attached hydrogens (tertiary/aromatic N) is 2. The zero-order chi connectivity index (χ0) is 19.3. The lowest BCUT2D eigenvalue weighted by molar-refractivity contribution is -0.143. The number of nitrogens with one attached hydrogen (secondary N) is 1. The molecule has 1 aliphatic heterocycles. The van der Waals surface area contributed by atoms with Gasteiger partial charge in [0, 0.05) is 36.8 Å². The van der Waals surface area contributed by atoms with E-state index in [1.165, 1.54) is 0 Å². The second kappa shape index (κ2) is 9.00. The van der Waals surface area contributed by atoms with E-state index in [0.29, 0.717) is 36.8 Å². The van der Waals surface area contributed by atoms with Gasteiger partial charge in [-0.25, -0.2) is 4.79 Å². The first-order valence-electron chi connectivity index (χ1n) is 8.57. The summed E-state index contributed by atoms with van der Waals surface area (Å²) in [6, 6.07) is 5.87. The van der Waals surface area contributed by atoms with Crippen LogP contribution in [-0.2, 0) is 9.59 Å². The number of halogens is 1. The van der Waals surface area contributed by atoms with Gasteiger partial charge in [-0.2, -0.15) is 0 Å². The van der Waals surface area contributed by atoms with Gasteiger partial charge in [-0.15, -0.1) is 0 Å². The summed E-state index contributed by atoms with van der Waals surface area (Å²) in [5, 5.41) is 12.3. The monoisotopic (exact) mass is 381 g/mol. The molecule has 142 valence electrons. The highest BCUT2D eigenvalue weighted by molar-refractivity contribution is 6.30. The number of aliphatic carboxylic acids is 1. The molecule has 1 heterocycles. The van der Waals surface area contributed by atoms with Crippen molar-refractivity contribution in [2.24, 2.45) is 5.92 Å². The zero-order valence-electron chi connectivity index (χ0n) is 14.9. The molecular weight excluding hydrogens is 358 g/mol. The molecule has 2 amide bonds. The third-order valence-corrected chi connectivity index (χ3v) is 4.62. The number of piperazine rings is 1. The summed E-state index contributed by atoms with van der Waals surface area (Å²) in [6.07, 6.45) is 0. The normalized spacial score (nSPS) is 16.4. The molecule has 26 heavy (non-hydrogen) atoms. The summed E-state index contributed by atoms with van der Waals surface area (Å²) < 4.78 is 0. The Balaban J connectivity index is 1.82. The van der Waals surface area contributed by atoms with Crippen LogP contribution in [-0.4, -0.2) is 71.5 Å². The first-order valence-corrected chi connectivity index (χ1v) is 8.95. The molecule has 1 fully saturated rings. The first-order chi connectivity index (χ1) is 12.3. The minimum atomic E-state index is -1.04. The zero-order valence-corrected chi connectivity index (χ0v) is 15.7. The van der Waals surface area contributed by atoms with Gasteiger partial charge in [0.15, 0.2) is 0 Å². The summed E-state index contributed by atoms with van der Waals surface area (Å²) in [6.45, 7) is 5.78. The van der Waals surface area contributed by atoms with Gasteiger partial charge in [-0.05, 0) is 30.2 Å². The van der Waals surface area contributed by atoms with E-state index in [1.54, 1.807) is 43.0 Å². The van der Waals surface area contributed by atoms with E-state index in [2.05, 4.69) is 5.32 Å². The molecule has 0 saturated carbocycles. The molecule has 0 spiro atoms. The number of benzene rings is 1. The number of carboxylic acid groups (broad SMARTS) is 1. The van der Waals surface area contributed by atoms with E-state index < -0.39 is 12.0 Å². The van der Waals surface area contributed by atoms with Crippen molar-refractivity contribution < 1.29 is 19.5 Å². The second-order valence-corrected chi connectivity index (χ2v) is 7.14. The van der Waals surface area contributed by atoms with Crippen LogP contribution in [0.15, 0.2) is 24.3 Å². The number of carboxylic acids is 1. The standard InChI is InChI=1S/C18H24ClN3O4/c1-12(2)16(18(25)26)20-15(23)11-21-7-9-22(10-8-21)17(24)13-3-5-14(19)6-4-13/h3-6,12,16H,7-11H2,1-2H3,(H,20,23)(H,25,26)/t16-/m0/s1. The summed E-state index contributed by atoms with van der Waals surface area (Å²) in [5.41, 5.74) is 0.585. The molecule has 8 heteroatoms. The van der Waals surface area contributed by atoms with Crippen molar-refractivity contribution >= 4 is 29.4 Å². The van der Waals surface area contributed by atoms with Crippen LogP contribution in [0.3, 0.4) is 0 Å². The highest BCUT2D eigenvalue weighted by Crippen LogP contribution is 2.13. The van der Waals surface area contributed by atoms with Crippen molar-refractivity contribution in [1.82, 2.24) is 15.1 Å². The maximum Gasteiger partial charge on any atom is 0.326 e. The Morgan fingerprint density at radius 1 is 1.12 bits per heavy atom. The van der Waals surface area contributed by atoms with E-state index in [9.17, 15) is 14.4 Å². The Labute approximate surface area is 157 Å². The van der Waals surface area contributed by atoms with Gasteiger partial charge in [-0.1, -0.05) is 25.4 Å². The molecule has 0 unspecified atom stereocenters. The molecule has 0 aromatic heterocycles. The Bertz CT molecular complexity index is 655. The predicted molar refractivity (Wildman–Crippen MR) is 98.2 cm³/mol. The van der Waals surface area contributed by atoms with Crippen molar-refractivity contribution in [1.29, 1.82) is 0 Å². The molecular formula is C18H24ClN3O4. The molecule has 2 N–H and O–H groups in total. The van der Waals surface area contributed by atoms with Gasteiger partial charge in [0.1, 0.15) is 6.04 Å². The summed E-state index contributed by atoms with van der Waals surface area (Å²) in [7, 11) is 0. The van der Waals surface area contributed by atoms with Gasteiger partial charge >= 0.3 is 5.97 Å². The van der Waals surface area contributed by atoms with Crippen LogP contribution in [0, 0.1) is 5.92 Å². The molecule has 0 bridgehead atoms. The minimum absolute atomic E-state index is 0.0588. The summed E-state index contributed by atoms with van der Waals surface area (Å²) >= 11 is 5.84. The molecule has 0 aliphatic carbocycles. The average Bonchev–Trinajstić information content (AvgIpc) is 2.60. The Hall–Kier alpha value is -2.12. The third-order valence-electron chi connectivity index (χ3n) is 4.37. The molecule has 7 nitrogen and oxygen atoms in total. The van der Waals surface area contributed by atoms with Crippen LogP contribution in [0.2, 0.25) is 5.02 Å². The number of carbonyl (C=O) groups is 3. The van der Waals surface area contributed by atoms with Crippen molar-refractivity contribution in [2.45, 2.75) is 19.9 Å². The molecule has 1 aromatic rings. The highest BCUT2D eigenvalue weighted by Gasteiger charge is 2.26. The highest BCUT2D eigenvalue weighted by atomic mass is 35.5. The van der Waals surface area contributed by atoms with E-state index in [-0.39, 0.29) is 24.3 Å². The Morgan fingerprint density at radius 3 is 2.19 bits per heavy atom. The van der Waals surface area contributed by atoms with Crippen LogP contribution in [0.25, 0.3) is 0 Å². The Morgan fingerprint density at radius 2 is 1.69 bits per heavy atom. The maximum absolute atomic E-state index is 12.5. The molecule has 1 atom stereocenters. The predicted octanol–water partition coefficient (Wildman–Crippen LogP) is 1.32. The van der Waals surface area contributed by atoms with Gasteiger partial charge in [0.25, 0.3) is 5.91 Å². The fourth-order valence-electron chi connectivity index (χ4n) is 2.82. The van der Waals surface area contributed by atoms with Crippen LogP contribution >= 0.6 is 11.6 Å². The topological polar surface area (TPSA) is 90.0 Å². The van der Waals surface area contributed by atoms with E-state index in [0.717, 1.165) is 0 Å². The lowest BCUT2D eigenvalue weighted by Crippen LogP contribution is -2.53. The van der Waals surface area contributed by atoms with Gasteiger partial charge in [0.05, 0.1) is 6.54 Å². The minimum Gasteiger partial charge on any atom is -0.480 e. The van der Waals surface area contributed by atoms with Crippen LogP contribution in [0.1, 0.15) is 24.2 Å². The number of hydrogen-bond donors (Lipinski definition) is 2. The van der Waals surface area contributed by atoms with Crippen molar-refractivity contribution in [3.05, 3.63) is 34.9 Å². The van der Waals surface area contributed by atoms with E-state index >= 15 is 0 Å². The van der Waals surface area contributed by atoms with Crippen molar-refractivity contribution in [3.63, 3.8) is 0 Å². The number of carbonyl (C=O) groups excluding carboxylic acids is 2. The number of hydrogen-bond acceptors (Lipinski definition) is 4. The van der Waals surface area contributed by atoms with Gasteiger partial charge < -0.3 is 15.3 Å². The first kappa shape index (κ1) is 20.2. The second-order valence-electron chi connectivity index (χ2n) is 6.70. The number of rotatable bonds is 6. The van der Waals surface area contributed by atoms with Crippen LogP contribution in [0.5, 0.6) is 0 Å². The summed E-state index contributed by atoms with van der Waals surface area (Å²) in [4.78, 5) is 39.4. The molecule has 1 aliphatic rings. The molecule has 1 saturated heterocycles. The SMILES string of the molecule is CC(C)[C@H](NC(=O)CN1CCN(C(=O)c2ccc(Cl)cc2)CC1)C(=O)O. The largest absolute Gasteiger partial charge is 0.480 e. The van der Waals surface area contributed by atoms with Gasteiger partial charge in [-0.3, -0.25) is 14.5 Å². The fourth-order valence-corrected chi connectivity index (χ4v) is 2.95.